The normalized spacial score (nSPS) is 16.4. The van der Waals surface area contributed by atoms with Crippen LogP contribution < -0.4 is 15.8 Å². The van der Waals surface area contributed by atoms with Gasteiger partial charge in [0.1, 0.15) is 5.82 Å². The van der Waals surface area contributed by atoms with Crippen molar-refractivity contribution in [2.24, 2.45) is 0 Å². The summed E-state index contributed by atoms with van der Waals surface area (Å²) in [6.45, 7) is 1.85. The Hall–Kier alpha value is -3.48. The molecule has 3 heterocycles. The number of carbonyl (C=O) groups excluding carboxylic acids is 2. The highest BCUT2D eigenvalue weighted by molar-refractivity contribution is 5.97. The van der Waals surface area contributed by atoms with E-state index >= 15 is 0 Å². The number of rotatable bonds is 4. The van der Waals surface area contributed by atoms with Crippen LogP contribution in [0.2, 0.25) is 0 Å². The number of nitrogens with one attached hydrogen (secondary N) is 1. The molecule has 7 heteroatoms. The summed E-state index contributed by atoms with van der Waals surface area (Å²) in [5, 5.41) is 3.50. The first-order valence-electron chi connectivity index (χ1n) is 11.8. The SMILES string of the molecule is O=C(NCc1ccc(N2CCCC2=O)cc1)c1ccc2c(=O)n3c(nc2c1)CCCCCC3. The highest BCUT2D eigenvalue weighted by Crippen LogP contribution is 2.22. The molecule has 2 aliphatic rings. The lowest BCUT2D eigenvalue weighted by molar-refractivity contribution is -0.117. The van der Waals surface area contributed by atoms with E-state index in [-0.39, 0.29) is 17.4 Å². The Morgan fingerprint density at radius 1 is 0.909 bits per heavy atom. The fraction of sp³-hybridized carbons (Fsp3) is 0.385. The van der Waals surface area contributed by atoms with E-state index in [1.807, 2.05) is 24.3 Å². The number of fused-ring (bicyclic) bond motifs is 2. The second-order valence-corrected chi connectivity index (χ2v) is 8.88. The number of hydrogen-bond donors (Lipinski definition) is 1. The number of aryl methyl sites for hydroxylation is 1. The molecule has 1 N–H and O–H groups in total. The molecule has 0 spiro atoms. The summed E-state index contributed by atoms with van der Waals surface area (Å²) < 4.78 is 1.81. The molecule has 5 rings (SSSR count). The van der Waals surface area contributed by atoms with Crippen LogP contribution in [-0.4, -0.2) is 27.9 Å². The van der Waals surface area contributed by atoms with Crippen molar-refractivity contribution in [1.82, 2.24) is 14.9 Å². The Morgan fingerprint density at radius 3 is 2.52 bits per heavy atom. The summed E-state index contributed by atoms with van der Waals surface area (Å²) in [7, 11) is 0. The van der Waals surface area contributed by atoms with E-state index in [9.17, 15) is 14.4 Å². The van der Waals surface area contributed by atoms with Crippen LogP contribution in [0.25, 0.3) is 10.9 Å². The fourth-order valence-electron chi connectivity index (χ4n) is 4.74. The third kappa shape index (κ3) is 4.40. The van der Waals surface area contributed by atoms with E-state index in [2.05, 4.69) is 5.32 Å². The van der Waals surface area contributed by atoms with Crippen molar-refractivity contribution in [3.05, 3.63) is 69.8 Å². The number of anilines is 1. The highest BCUT2D eigenvalue weighted by Gasteiger charge is 2.21. The van der Waals surface area contributed by atoms with Crippen molar-refractivity contribution in [3.8, 4) is 0 Å². The Balaban J connectivity index is 1.30. The molecule has 1 aromatic heterocycles. The molecule has 0 aliphatic carbocycles. The lowest BCUT2D eigenvalue weighted by atomic mass is 10.1. The largest absolute Gasteiger partial charge is 0.348 e. The third-order valence-corrected chi connectivity index (χ3v) is 6.60. The molecule has 0 saturated carbocycles. The zero-order chi connectivity index (χ0) is 22.8. The first-order valence-corrected chi connectivity index (χ1v) is 11.8. The van der Waals surface area contributed by atoms with Gasteiger partial charge in [0.05, 0.1) is 10.9 Å². The predicted octanol–water partition coefficient (Wildman–Crippen LogP) is 3.57. The van der Waals surface area contributed by atoms with Crippen LogP contribution in [0.3, 0.4) is 0 Å². The molecule has 2 aliphatic heterocycles. The third-order valence-electron chi connectivity index (χ3n) is 6.60. The van der Waals surface area contributed by atoms with Crippen LogP contribution in [0.15, 0.2) is 47.3 Å². The summed E-state index contributed by atoms with van der Waals surface area (Å²) in [6.07, 6.45) is 6.62. The Bertz CT molecular complexity index is 1260. The maximum absolute atomic E-state index is 13.0. The van der Waals surface area contributed by atoms with E-state index in [1.165, 1.54) is 0 Å². The van der Waals surface area contributed by atoms with Gasteiger partial charge >= 0.3 is 0 Å². The number of aromatic nitrogens is 2. The zero-order valence-electron chi connectivity index (χ0n) is 18.7. The average Bonchev–Trinajstić information content (AvgIpc) is 3.24. The van der Waals surface area contributed by atoms with Gasteiger partial charge in [-0.05, 0) is 55.2 Å². The Kier molecular flexibility index (Phi) is 5.94. The summed E-state index contributed by atoms with van der Waals surface area (Å²) >= 11 is 0. The molecular formula is C26H28N4O3. The van der Waals surface area contributed by atoms with Crippen molar-refractivity contribution >= 4 is 28.4 Å². The van der Waals surface area contributed by atoms with Crippen molar-refractivity contribution in [2.45, 2.75) is 58.0 Å². The molecule has 7 nitrogen and oxygen atoms in total. The number of hydrogen-bond acceptors (Lipinski definition) is 4. The van der Waals surface area contributed by atoms with Crippen molar-refractivity contribution in [3.63, 3.8) is 0 Å². The number of benzene rings is 2. The van der Waals surface area contributed by atoms with Gasteiger partial charge in [0, 0.05) is 43.7 Å². The van der Waals surface area contributed by atoms with Gasteiger partial charge in [-0.2, -0.15) is 0 Å². The molecule has 170 valence electrons. The Morgan fingerprint density at radius 2 is 1.73 bits per heavy atom. The minimum absolute atomic E-state index is 0.0135. The summed E-state index contributed by atoms with van der Waals surface area (Å²) in [4.78, 5) is 44.2. The van der Waals surface area contributed by atoms with Gasteiger partial charge in [-0.1, -0.05) is 25.0 Å². The van der Waals surface area contributed by atoms with Gasteiger partial charge in [-0.15, -0.1) is 0 Å². The summed E-state index contributed by atoms with van der Waals surface area (Å²) in [5.74, 6) is 0.777. The van der Waals surface area contributed by atoms with Crippen molar-refractivity contribution in [2.75, 3.05) is 11.4 Å². The van der Waals surface area contributed by atoms with Gasteiger partial charge in [0.25, 0.3) is 11.5 Å². The monoisotopic (exact) mass is 444 g/mol. The van der Waals surface area contributed by atoms with Crippen LogP contribution >= 0.6 is 0 Å². The lowest BCUT2D eigenvalue weighted by Gasteiger charge is -2.16. The molecule has 0 bridgehead atoms. The van der Waals surface area contributed by atoms with Crippen LogP contribution in [-0.2, 0) is 24.3 Å². The standard InChI is InChI=1S/C26H28N4O3/c31-24-7-5-15-29(24)20-11-8-18(9-12-20)17-27-25(32)19-10-13-21-22(16-19)28-23-6-3-1-2-4-14-30(23)26(21)33/h8-13,16H,1-7,14-15,17H2,(H,27,32). The molecule has 1 saturated heterocycles. The number of nitrogens with zero attached hydrogens (tertiary/aromatic N) is 3. The topological polar surface area (TPSA) is 84.3 Å². The lowest BCUT2D eigenvalue weighted by Crippen LogP contribution is -2.27. The summed E-state index contributed by atoms with van der Waals surface area (Å²) in [5.41, 5.74) is 2.91. The van der Waals surface area contributed by atoms with E-state index in [1.54, 1.807) is 27.7 Å². The maximum Gasteiger partial charge on any atom is 0.261 e. The maximum atomic E-state index is 13.0. The second-order valence-electron chi connectivity index (χ2n) is 8.88. The molecule has 0 radical (unpaired) electrons. The molecule has 0 unspecified atom stereocenters. The van der Waals surface area contributed by atoms with Crippen LogP contribution in [0, 0.1) is 0 Å². The van der Waals surface area contributed by atoms with Crippen molar-refractivity contribution in [1.29, 1.82) is 0 Å². The van der Waals surface area contributed by atoms with Crippen LogP contribution in [0.1, 0.15) is 60.3 Å². The van der Waals surface area contributed by atoms with E-state index in [4.69, 9.17) is 4.98 Å². The zero-order valence-corrected chi connectivity index (χ0v) is 18.7. The predicted molar refractivity (Wildman–Crippen MR) is 127 cm³/mol. The molecule has 2 aromatic carbocycles. The highest BCUT2D eigenvalue weighted by atomic mass is 16.2. The smallest absolute Gasteiger partial charge is 0.261 e. The minimum atomic E-state index is -0.204. The molecule has 33 heavy (non-hydrogen) atoms. The van der Waals surface area contributed by atoms with E-state index < -0.39 is 0 Å². The van der Waals surface area contributed by atoms with Gasteiger partial charge in [-0.25, -0.2) is 4.98 Å². The van der Waals surface area contributed by atoms with Gasteiger partial charge in [0.2, 0.25) is 5.91 Å². The van der Waals surface area contributed by atoms with Crippen molar-refractivity contribution < 1.29 is 9.59 Å². The van der Waals surface area contributed by atoms with E-state index in [0.717, 1.165) is 62.1 Å². The number of carbonyl (C=O) groups is 2. The molecule has 0 atom stereocenters. The van der Waals surface area contributed by atoms with Crippen LogP contribution in [0.5, 0.6) is 0 Å². The Labute approximate surface area is 192 Å². The van der Waals surface area contributed by atoms with E-state index in [0.29, 0.717) is 36.0 Å². The summed E-state index contributed by atoms with van der Waals surface area (Å²) in [6, 6.07) is 12.8. The minimum Gasteiger partial charge on any atom is -0.348 e. The molecule has 3 aromatic rings. The fourth-order valence-corrected chi connectivity index (χ4v) is 4.74. The first-order chi connectivity index (χ1) is 16.1. The molecular weight excluding hydrogens is 416 g/mol. The quantitative estimate of drug-likeness (QED) is 0.667. The molecule has 1 fully saturated rings. The average molecular weight is 445 g/mol. The van der Waals surface area contributed by atoms with Gasteiger partial charge in [0.15, 0.2) is 0 Å². The van der Waals surface area contributed by atoms with Gasteiger partial charge in [-0.3, -0.25) is 19.0 Å². The van der Waals surface area contributed by atoms with Gasteiger partial charge < -0.3 is 10.2 Å². The first kappa shape index (κ1) is 21.4. The number of amides is 2. The molecule has 2 amide bonds. The second kappa shape index (κ2) is 9.17. The van der Waals surface area contributed by atoms with Crippen LogP contribution in [0.4, 0.5) is 5.69 Å².